The van der Waals surface area contributed by atoms with E-state index in [1.54, 1.807) is 68.0 Å². The standard InChI is InChI=1S/C54H92N6O14/c1-16-34(7)48(59(13)53(68)46(32(3)4)57-52(67)47(33(5)6)58(11)12)41(70-14)29-43(63)60-28-22-25-40(60)49(71-15)35(8)51(66)56-36(9)50(38-23-19-18-20-24-38)74-54(69)37(10)55-42(62)26-21-27-44(64)72-31-45(65)73-39(17-2)30-61/h18-20,23-24,32-37,39-41,45-50,61,65H,16-17,21-22,25-31H2,1-15H3,(H,55,62)(H,56,66)(H,57,67)/t34-,35+,36+,37+,39?,40-,41+,45?,46?,47-,48-,49+,50?/m0/s1. The van der Waals surface area contributed by atoms with Crippen LogP contribution < -0.4 is 16.0 Å². The van der Waals surface area contributed by atoms with E-state index in [4.69, 9.17) is 23.7 Å². The van der Waals surface area contributed by atoms with Crippen molar-refractivity contribution in [2.24, 2.45) is 23.7 Å². The first-order valence-corrected chi connectivity index (χ1v) is 26.4. The van der Waals surface area contributed by atoms with Crippen LogP contribution in [0, 0.1) is 23.7 Å². The van der Waals surface area contributed by atoms with E-state index in [0.717, 1.165) is 0 Å². The fourth-order valence-corrected chi connectivity index (χ4v) is 9.70. The van der Waals surface area contributed by atoms with Crippen LogP contribution in [-0.4, -0.2) is 182 Å². The van der Waals surface area contributed by atoms with Crippen molar-refractivity contribution < 1.29 is 67.5 Å². The summed E-state index contributed by atoms with van der Waals surface area (Å²) < 4.78 is 28.2. The van der Waals surface area contributed by atoms with Gasteiger partial charge in [0.25, 0.3) is 0 Å². The van der Waals surface area contributed by atoms with Crippen LogP contribution >= 0.6 is 0 Å². The number of likely N-dealkylation sites (N-methyl/N-ethyl adjacent to an activating group) is 2. The molecule has 1 heterocycles. The summed E-state index contributed by atoms with van der Waals surface area (Å²) in [6, 6.07) is 4.76. The third kappa shape index (κ3) is 19.8. The Hall–Kier alpha value is -4.73. The van der Waals surface area contributed by atoms with Crippen molar-refractivity contribution in [2.45, 2.75) is 188 Å². The summed E-state index contributed by atoms with van der Waals surface area (Å²) in [5.41, 5.74) is 0.593. The molecule has 422 valence electrons. The van der Waals surface area contributed by atoms with Crippen LogP contribution in [0.2, 0.25) is 0 Å². The van der Waals surface area contributed by atoms with Gasteiger partial charge < -0.3 is 59.6 Å². The first-order valence-electron chi connectivity index (χ1n) is 26.4. The molecule has 1 aliphatic heterocycles. The van der Waals surface area contributed by atoms with Gasteiger partial charge in [-0.3, -0.25) is 33.7 Å². The van der Waals surface area contributed by atoms with Crippen LogP contribution in [0.4, 0.5) is 0 Å². The van der Waals surface area contributed by atoms with Crippen LogP contribution in [0.15, 0.2) is 30.3 Å². The summed E-state index contributed by atoms with van der Waals surface area (Å²) in [5.74, 6) is -4.12. The summed E-state index contributed by atoms with van der Waals surface area (Å²) in [6.45, 7) is 18.1. The Morgan fingerprint density at radius 2 is 1.47 bits per heavy atom. The van der Waals surface area contributed by atoms with Gasteiger partial charge in [0.15, 0.2) is 6.29 Å². The summed E-state index contributed by atoms with van der Waals surface area (Å²) in [5, 5.41) is 27.8. The Bertz CT molecular complexity index is 1890. The van der Waals surface area contributed by atoms with Crippen LogP contribution in [0.5, 0.6) is 0 Å². The highest BCUT2D eigenvalue weighted by molar-refractivity contribution is 5.90. The zero-order chi connectivity index (χ0) is 56.0. The number of rotatable bonds is 33. The number of aliphatic hydroxyl groups excluding tert-OH is 2. The minimum Gasteiger partial charge on any atom is -0.460 e. The molecule has 1 aromatic carbocycles. The Morgan fingerprint density at radius 1 is 0.824 bits per heavy atom. The molecular formula is C54H92N6O14. The minimum absolute atomic E-state index is 0.00775. The topological polar surface area (TPSA) is 252 Å². The number of methoxy groups -OCH3 is 2. The van der Waals surface area contributed by atoms with Crippen molar-refractivity contribution in [3.8, 4) is 0 Å². The summed E-state index contributed by atoms with van der Waals surface area (Å²) in [4.78, 5) is 100. The molecule has 5 N–H and O–H groups in total. The monoisotopic (exact) mass is 1050 g/mol. The molecule has 0 saturated carbocycles. The van der Waals surface area contributed by atoms with E-state index < -0.39 is 103 Å². The van der Waals surface area contributed by atoms with Gasteiger partial charge in [-0.15, -0.1) is 0 Å². The van der Waals surface area contributed by atoms with Gasteiger partial charge in [0.05, 0.1) is 61.4 Å². The maximum Gasteiger partial charge on any atom is 0.329 e. The molecule has 1 aliphatic rings. The number of aliphatic hydroxyl groups is 2. The zero-order valence-corrected chi connectivity index (χ0v) is 47.0. The lowest BCUT2D eigenvalue weighted by molar-refractivity contribution is -0.183. The molecule has 0 bridgehead atoms. The van der Waals surface area contributed by atoms with Gasteiger partial charge in [0, 0.05) is 40.7 Å². The highest BCUT2D eigenvalue weighted by Crippen LogP contribution is 2.31. The largest absolute Gasteiger partial charge is 0.460 e. The van der Waals surface area contributed by atoms with Crippen LogP contribution in [0.3, 0.4) is 0 Å². The third-order valence-electron chi connectivity index (χ3n) is 14.1. The number of benzene rings is 1. The number of amides is 5. The van der Waals surface area contributed by atoms with Crippen molar-refractivity contribution in [2.75, 3.05) is 55.1 Å². The molecule has 20 nitrogen and oxygen atoms in total. The predicted octanol–water partition coefficient (Wildman–Crippen LogP) is 3.75. The number of nitrogens with zero attached hydrogens (tertiary/aromatic N) is 3. The van der Waals surface area contributed by atoms with Gasteiger partial charge in [0.2, 0.25) is 29.5 Å². The smallest absolute Gasteiger partial charge is 0.329 e. The van der Waals surface area contributed by atoms with E-state index in [0.29, 0.717) is 37.8 Å². The molecule has 1 aromatic rings. The number of likely N-dealkylation sites (tertiary alicyclic amines) is 1. The molecule has 20 heteroatoms. The van der Waals surface area contributed by atoms with Gasteiger partial charge in [0.1, 0.15) is 24.8 Å². The Morgan fingerprint density at radius 3 is 2.01 bits per heavy atom. The maximum absolute atomic E-state index is 14.5. The summed E-state index contributed by atoms with van der Waals surface area (Å²) >= 11 is 0. The second-order valence-electron chi connectivity index (χ2n) is 20.7. The molecule has 0 spiro atoms. The molecule has 74 heavy (non-hydrogen) atoms. The highest BCUT2D eigenvalue weighted by Gasteiger charge is 2.44. The maximum atomic E-state index is 14.5. The molecule has 2 rings (SSSR count). The molecule has 13 atom stereocenters. The number of carbonyl (C=O) groups is 7. The Labute approximate surface area is 440 Å². The van der Waals surface area contributed by atoms with E-state index in [9.17, 15) is 43.8 Å². The molecule has 1 fully saturated rings. The first kappa shape index (κ1) is 65.4. The molecule has 5 amide bonds. The van der Waals surface area contributed by atoms with E-state index in [1.165, 1.54) is 21.1 Å². The molecule has 0 aliphatic carbocycles. The molecule has 0 radical (unpaired) electrons. The molecule has 1 saturated heterocycles. The quantitative estimate of drug-likeness (QED) is 0.0497. The highest BCUT2D eigenvalue weighted by atomic mass is 16.6. The van der Waals surface area contributed by atoms with Gasteiger partial charge in [-0.2, -0.15) is 0 Å². The lowest BCUT2D eigenvalue weighted by atomic mass is 9.89. The van der Waals surface area contributed by atoms with E-state index in [-0.39, 0.29) is 67.8 Å². The average Bonchev–Trinajstić information content (AvgIpc) is 3.84. The van der Waals surface area contributed by atoms with Gasteiger partial charge in [-0.25, -0.2) is 4.79 Å². The van der Waals surface area contributed by atoms with Crippen molar-refractivity contribution in [3.05, 3.63) is 35.9 Å². The Balaban J connectivity index is 2.18. The van der Waals surface area contributed by atoms with Crippen LogP contribution in [-0.2, 0) is 57.2 Å². The Kier molecular flexibility index (Phi) is 28.9. The molecule has 0 aromatic heterocycles. The summed E-state index contributed by atoms with van der Waals surface area (Å²) in [6.07, 6.45) is -2.18. The second-order valence-corrected chi connectivity index (χ2v) is 20.7. The number of hydrogen-bond donors (Lipinski definition) is 5. The van der Waals surface area contributed by atoms with Crippen molar-refractivity contribution in [1.82, 2.24) is 30.7 Å². The third-order valence-corrected chi connectivity index (χ3v) is 14.1. The van der Waals surface area contributed by atoms with E-state index in [2.05, 4.69) is 16.0 Å². The summed E-state index contributed by atoms with van der Waals surface area (Å²) in [7, 11) is 8.41. The van der Waals surface area contributed by atoms with Gasteiger partial charge in [-0.05, 0) is 76.9 Å². The zero-order valence-electron chi connectivity index (χ0n) is 47.0. The number of nitrogens with one attached hydrogen (secondary N) is 3. The number of carbonyl (C=O) groups excluding carboxylic acids is 7. The normalized spacial score (nSPS) is 18.7. The number of ether oxygens (including phenoxy) is 5. The molecule has 4 unspecified atom stereocenters. The average molecular weight is 1050 g/mol. The lowest BCUT2D eigenvalue weighted by Crippen LogP contribution is -2.59. The lowest BCUT2D eigenvalue weighted by Gasteiger charge is -2.41. The predicted molar refractivity (Wildman–Crippen MR) is 279 cm³/mol. The van der Waals surface area contributed by atoms with Gasteiger partial charge >= 0.3 is 11.9 Å². The first-order chi connectivity index (χ1) is 34.9. The minimum atomic E-state index is -1.41. The van der Waals surface area contributed by atoms with Crippen molar-refractivity contribution in [1.29, 1.82) is 0 Å². The van der Waals surface area contributed by atoms with E-state index in [1.807, 2.05) is 60.5 Å². The van der Waals surface area contributed by atoms with Crippen molar-refractivity contribution >= 4 is 41.5 Å². The fraction of sp³-hybridized carbons (Fsp3) is 0.759. The van der Waals surface area contributed by atoms with Crippen molar-refractivity contribution in [3.63, 3.8) is 0 Å². The molecular weight excluding hydrogens is 957 g/mol. The van der Waals surface area contributed by atoms with Gasteiger partial charge in [-0.1, -0.05) is 92.1 Å². The van der Waals surface area contributed by atoms with E-state index >= 15 is 0 Å². The second kappa shape index (κ2) is 32.7. The number of esters is 2. The van der Waals surface area contributed by atoms with Crippen LogP contribution in [0.25, 0.3) is 0 Å². The van der Waals surface area contributed by atoms with Crippen LogP contribution in [0.1, 0.15) is 132 Å². The SMILES string of the molecule is CCC(CO)OC(O)COC(=O)CCCC(=O)N[C@H](C)C(=O)OC(c1ccccc1)[C@@H](C)NC(=O)[C@H](C)[C@@H](OC)[C@@H]1CCCN1C(=O)C[C@@H](OC)[C@H]([C@@H](C)CC)N(C)C(=O)C(NC(=O)[C@H](C(C)C)N(C)C)C(C)C. The fourth-order valence-electron chi connectivity index (χ4n) is 9.70. The number of hydrogen-bond acceptors (Lipinski definition) is 15.